The highest BCUT2D eigenvalue weighted by atomic mass is 16.4. The first-order valence-corrected chi connectivity index (χ1v) is 7.09. The standard InChI is InChI=1S/C14H26N2O3/c1-10(2)16(11(3)4)8-7-15-9-12(14(18)19)5-6-13(15)17/h10-12H,5-9H2,1-4H3,(H,18,19). The highest BCUT2D eigenvalue weighted by molar-refractivity contribution is 5.80. The van der Waals surface area contributed by atoms with E-state index in [1.165, 1.54) is 0 Å². The van der Waals surface area contributed by atoms with E-state index in [0.717, 1.165) is 6.54 Å². The minimum atomic E-state index is -0.790. The Bertz CT molecular complexity index is 321. The normalized spacial score (nSPS) is 20.7. The van der Waals surface area contributed by atoms with Crippen molar-refractivity contribution in [1.29, 1.82) is 0 Å². The Morgan fingerprint density at radius 2 is 1.95 bits per heavy atom. The fourth-order valence-corrected chi connectivity index (χ4v) is 2.68. The second kappa shape index (κ2) is 6.89. The second-order valence-electron chi connectivity index (χ2n) is 5.84. The van der Waals surface area contributed by atoms with E-state index in [4.69, 9.17) is 5.11 Å². The SMILES string of the molecule is CC(C)N(CCN1CC(C(=O)O)CCC1=O)C(C)C. The van der Waals surface area contributed by atoms with Gasteiger partial charge in [-0.05, 0) is 34.1 Å². The number of hydrogen-bond acceptors (Lipinski definition) is 3. The average molecular weight is 270 g/mol. The van der Waals surface area contributed by atoms with Crippen LogP contribution in [0.3, 0.4) is 0 Å². The van der Waals surface area contributed by atoms with Crippen molar-refractivity contribution in [3.8, 4) is 0 Å². The maximum Gasteiger partial charge on any atom is 0.308 e. The number of amides is 1. The Kier molecular flexibility index (Phi) is 5.79. The van der Waals surface area contributed by atoms with Crippen molar-refractivity contribution in [2.45, 2.75) is 52.6 Å². The Morgan fingerprint density at radius 3 is 2.42 bits per heavy atom. The summed E-state index contributed by atoms with van der Waals surface area (Å²) < 4.78 is 0. The van der Waals surface area contributed by atoms with Gasteiger partial charge < -0.3 is 10.0 Å². The van der Waals surface area contributed by atoms with E-state index in [0.29, 0.717) is 38.0 Å². The van der Waals surface area contributed by atoms with Gasteiger partial charge in [0.1, 0.15) is 0 Å². The van der Waals surface area contributed by atoms with Crippen LogP contribution in [0.25, 0.3) is 0 Å². The minimum Gasteiger partial charge on any atom is -0.481 e. The fourth-order valence-electron chi connectivity index (χ4n) is 2.68. The number of carboxylic acids is 1. The van der Waals surface area contributed by atoms with Gasteiger partial charge in [-0.3, -0.25) is 14.5 Å². The lowest BCUT2D eigenvalue weighted by Gasteiger charge is -2.35. The van der Waals surface area contributed by atoms with Gasteiger partial charge in [0.25, 0.3) is 0 Å². The molecule has 1 heterocycles. The van der Waals surface area contributed by atoms with Gasteiger partial charge in [-0.2, -0.15) is 0 Å². The minimum absolute atomic E-state index is 0.0879. The van der Waals surface area contributed by atoms with Gasteiger partial charge in [0.05, 0.1) is 5.92 Å². The zero-order valence-corrected chi connectivity index (χ0v) is 12.4. The summed E-state index contributed by atoms with van der Waals surface area (Å²) in [7, 11) is 0. The molecule has 1 unspecified atom stereocenters. The molecule has 0 aromatic rings. The molecule has 0 spiro atoms. The maximum absolute atomic E-state index is 11.8. The Balaban J connectivity index is 2.54. The van der Waals surface area contributed by atoms with Crippen molar-refractivity contribution in [3.63, 3.8) is 0 Å². The van der Waals surface area contributed by atoms with Gasteiger partial charge in [0.2, 0.25) is 5.91 Å². The molecule has 5 nitrogen and oxygen atoms in total. The van der Waals surface area contributed by atoms with E-state index in [-0.39, 0.29) is 5.91 Å². The smallest absolute Gasteiger partial charge is 0.308 e. The van der Waals surface area contributed by atoms with Crippen LogP contribution in [0.15, 0.2) is 0 Å². The third kappa shape index (κ3) is 4.49. The summed E-state index contributed by atoms with van der Waals surface area (Å²) in [5.41, 5.74) is 0. The monoisotopic (exact) mass is 270 g/mol. The number of nitrogens with zero attached hydrogens (tertiary/aromatic N) is 2. The lowest BCUT2D eigenvalue weighted by molar-refractivity contribution is -0.147. The van der Waals surface area contributed by atoms with Crippen molar-refractivity contribution >= 4 is 11.9 Å². The molecule has 0 saturated carbocycles. The molecule has 1 rings (SSSR count). The third-order valence-electron chi connectivity index (χ3n) is 3.80. The Morgan fingerprint density at radius 1 is 1.37 bits per heavy atom. The number of carboxylic acid groups (broad SMARTS) is 1. The van der Waals surface area contributed by atoms with Crippen LogP contribution in [0.5, 0.6) is 0 Å². The predicted octanol–water partition coefficient (Wildman–Crippen LogP) is 1.43. The van der Waals surface area contributed by atoms with E-state index < -0.39 is 11.9 Å². The number of rotatable bonds is 6. The molecule has 0 aromatic carbocycles. The first-order chi connectivity index (χ1) is 8.82. The van der Waals surface area contributed by atoms with Crippen LogP contribution in [0.4, 0.5) is 0 Å². The van der Waals surface area contributed by atoms with E-state index in [2.05, 4.69) is 32.6 Å². The molecular weight excluding hydrogens is 244 g/mol. The molecule has 5 heteroatoms. The number of aliphatic carboxylic acids is 1. The fraction of sp³-hybridized carbons (Fsp3) is 0.857. The first kappa shape index (κ1) is 16.0. The molecule has 0 bridgehead atoms. The highest BCUT2D eigenvalue weighted by Crippen LogP contribution is 2.18. The van der Waals surface area contributed by atoms with Crippen LogP contribution < -0.4 is 0 Å². The number of piperidine rings is 1. The molecule has 19 heavy (non-hydrogen) atoms. The van der Waals surface area contributed by atoms with Crippen molar-refractivity contribution in [3.05, 3.63) is 0 Å². The van der Waals surface area contributed by atoms with Gasteiger partial charge in [-0.25, -0.2) is 0 Å². The van der Waals surface area contributed by atoms with Crippen molar-refractivity contribution in [1.82, 2.24) is 9.80 Å². The summed E-state index contributed by atoms with van der Waals surface area (Å²) in [4.78, 5) is 26.9. The first-order valence-electron chi connectivity index (χ1n) is 7.09. The molecule has 110 valence electrons. The predicted molar refractivity (Wildman–Crippen MR) is 73.9 cm³/mol. The molecule has 1 amide bonds. The molecule has 1 aliphatic rings. The molecular formula is C14H26N2O3. The van der Waals surface area contributed by atoms with Gasteiger partial charge in [-0.15, -0.1) is 0 Å². The summed E-state index contributed by atoms with van der Waals surface area (Å²) in [6.07, 6.45) is 0.836. The largest absolute Gasteiger partial charge is 0.481 e. The van der Waals surface area contributed by atoms with Crippen LogP contribution in [-0.4, -0.2) is 58.5 Å². The van der Waals surface area contributed by atoms with E-state index >= 15 is 0 Å². The molecule has 1 N–H and O–H groups in total. The third-order valence-corrected chi connectivity index (χ3v) is 3.80. The van der Waals surface area contributed by atoms with Gasteiger partial charge in [-0.1, -0.05) is 0 Å². The molecule has 0 aromatic heterocycles. The van der Waals surface area contributed by atoms with Crippen LogP contribution >= 0.6 is 0 Å². The van der Waals surface area contributed by atoms with E-state index in [1.54, 1.807) is 4.90 Å². The number of carbonyl (C=O) groups is 2. The molecule has 0 radical (unpaired) electrons. The van der Waals surface area contributed by atoms with Gasteiger partial charge in [0.15, 0.2) is 0 Å². The summed E-state index contributed by atoms with van der Waals surface area (Å²) in [5.74, 6) is -1.10. The van der Waals surface area contributed by atoms with Gasteiger partial charge in [0, 0.05) is 38.1 Å². The number of hydrogen-bond donors (Lipinski definition) is 1. The lowest BCUT2D eigenvalue weighted by Crippen LogP contribution is -2.48. The van der Waals surface area contributed by atoms with Crippen LogP contribution in [-0.2, 0) is 9.59 Å². The maximum atomic E-state index is 11.8. The Labute approximate surface area is 115 Å². The van der Waals surface area contributed by atoms with Crippen molar-refractivity contribution in [2.75, 3.05) is 19.6 Å². The summed E-state index contributed by atoms with van der Waals surface area (Å²) in [6, 6.07) is 0.852. The molecule has 1 fully saturated rings. The molecule has 1 saturated heterocycles. The van der Waals surface area contributed by atoms with Crippen molar-refractivity contribution < 1.29 is 14.7 Å². The van der Waals surface area contributed by atoms with Crippen molar-refractivity contribution in [2.24, 2.45) is 5.92 Å². The van der Waals surface area contributed by atoms with E-state index in [9.17, 15) is 9.59 Å². The van der Waals surface area contributed by atoms with Crippen LogP contribution in [0, 0.1) is 5.92 Å². The van der Waals surface area contributed by atoms with E-state index in [1.807, 2.05) is 0 Å². The zero-order valence-electron chi connectivity index (χ0n) is 12.4. The highest BCUT2D eigenvalue weighted by Gasteiger charge is 2.30. The molecule has 1 atom stereocenters. The van der Waals surface area contributed by atoms with Gasteiger partial charge >= 0.3 is 5.97 Å². The average Bonchev–Trinajstić information content (AvgIpc) is 2.30. The summed E-state index contributed by atoms with van der Waals surface area (Å²) in [5, 5.41) is 9.05. The number of carbonyl (C=O) groups excluding carboxylic acids is 1. The zero-order chi connectivity index (χ0) is 14.6. The summed E-state index contributed by atoms with van der Waals surface area (Å²) in [6.45, 7) is 10.3. The topological polar surface area (TPSA) is 60.9 Å². The van der Waals surface area contributed by atoms with Crippen LogP contribution in [0.2, 0.25) is 0 Å². The Hall–Kier alpha value is -1.10. The molecule has 1 aliphatic heterocycles. The van der Waals surface area contributed by atoms with Crippen LogP contribution in [0.1, 0.15) is 40.5 Å². The summed E-state index contributed by atoms with van der Waals surface area (Å²) >= 11 is 0. The quantitative estimate of drug-likeness (QED) is 0.793. The number of likely N-dealkylation sites (tertiary alicyclic amines) is 1. The molecule has 0 aliphatic carbocycles. The lowest BCUT2D eigenvalue weighted by atomic mass is 9.98. The second-order valence-corrected chi connectivity index (χ2v) is 5.84.